The second-order valence-electron chi connectivity index (χ2n) is 4.88. The molecule has 0 spiro atoms. The highest BCUT2D eigenvalue weighted by Gasteiger charge is 2.27. The fourth-order valence-corrected chi connectivity index (χ4v) is 4.72. The maximum Gasteiger partial charge on any atom is 0.312 e. The van der Waals surface area contributed by atoms with Gasteiger partial charge in [-0.2, -0.15) is 4.31 Å². The zero-order chi connectivity index (χ0) is 18.6. The van der Waals surface area contributed by atoms with Crippen molar-refractivity contribution in [1.82, 2.24) is 4.31 Å². The Morgan fingerprint density at radius 3 is 2.64 bits per heavy atom. The molecule has 1 aromatic carbocycles. The molecule has 7 nitrogen and oxygen atoms in total. The number of nitro benzene ring substituents is 1. The van der Waals surface area contributed by atoms with E-state index in [-0.39, 0.29) is 23.7 Å². The number of nitrogens with zero attached hydrogens (tertiary/aromatic N) is 2. The molecule has 10 heteroatoms. The van der Waals surface area contributed by atoms with Crippen LogP contribution in [0.25, 0.3) is 0 Å². The van der Waals surface area contributed by atoms with Crippen LogP contribution in [0.4, 0.5) is 5.69 Å². The van der Waals surface area contributed by atoms with Gasteiger partial charge in [0.15, 0.2) is 5.75 Å². The van der Waals surface area contributed by atoms with Gasteiger partial charge in [-0.3, -0.25) is 10.1 Å². The second-order valence-corrected chi connectivity index (χ2v) is 8.62. The minimum Gasteiger partial charge on any atom is -0.490 e. The molecule has 1 aromatic heterocycles. The van der Waals surface area contributed by atoms with Gasteiger partial charge in [0.05, 0.1) is 21.3 Å². The molecule has 0 N–H and O–H groups in total. The predicted octanol–water partition coefficient (Wildman–Crippen LogP) is 3.70. The molecular weight excluding hydrogens is 388 g/mol. The average molecular weight is 403 g/mol. The quantitative estimate of drug-likeness (QED) is 0.381. The molecule has 134 valence electrons. The van der Waals surface area contributed by atoms with Crippen molar-refractivity contribution in [1.29, 1.82) is 0 Å². The Balaban J connectivity index is 2.44. The molecule has 0 unspecified atom stereocenters. The van der Waals surface area contributed by atoms with Crippen LogP contribution in [-0.2, 0) is 16.6 Å². The first-order valence-corrected chi connectivity index (χ1v) is 9.60. The van der Waals surface area contributed by atoms with Crippen molar-refractivity contribution in [3.05, 3.63) is 62.3 Å². The summed E-state index contributed by atoms with van der Waals surface area (Å²) in [6.07, 6.45) is 1.45. The third kappa shape index (κ3) is 4.37. The summed E-state index contributed by atoms with van der Waals surface area (Å²) < 4.78 is 32.4. The normalized spacial score (nSPS) is 11.5. The van der Waals surface area contributed by atoms with Gasteiger partial charge >= 0.3 is 5.69 Å². The number of methoxy groups -OCH3 is 1. The van der Waals surface area contributed by atoms with Crippen molar-refractivity contribution < 1.29 is 18.1 Å². The zero-order valence-corrected chi connectivity index (χ0v) is 15.6. The summed E-state index contributed by atoms with van der Waals surface area (Å²) in [6, 6.07) is 6.94. The molecule has 0 aliphatic rings. The number of halogens is 1. The van der Waals surface area contributed by atoms with E-state index in [0.717, 1.165) is 10.9 Å². The third-order valence-corrected chi connectivity index (χ3v) is 6.30. The summed E-state index contributed by atoms with van der Waals surface area (Å²) in [6.45, 7) is 3.71. The van der Waals surface area contributed by atoms with Crippen LogP contribution in [0.15, 0.2) is 47.9 Å². The molecule has 0 amide bonds. The minimum absolute atomic E-state index is 0.00995. The minimum atomic E-state index is -3.97. The monoisotopic (exact) mass is 402 g/mol. The van der Waals surface area contributed by atoms with E-state index in [0.29, 0.717) is 4.34 Å². The van der Waals surface area contributed by atoms with Crippen molar-refractivity contribution in [2.24, 2.45) is 0 Å². The predicted molar refractivity (Wildman–Crippen MR) is 96.8 cm³/mol. The van der Waals surface area contributed by atoms with E-state index in [1.165, 1.54) is 41.0 Å². The first-order chi connectivity index (χ1) is 11.8. The molecule has 2 aromatic rings. The van der Waals surface area contributed by atoms with Gasteiger partial charge in [-0.05, 0) is 24.3 Å². The van der Waals surface area contributed by atoms with E-state index in [1.54, 1.807) is 12.1 Å². The fourth-order valence-electron chi connectivity index (χ4n) is 2.12. The second kappa shape index (κ2) is 7.96. The topological polar surface area (TPSA) is 89.8 Å². The number of sulfonamides is 1. The van der Waals surface area contributed by atoms with Gasteiger partial charge in [-0.25, -0.2) is 8.42 Å². The number of benzene rings is 1. The van der Waals surface area contributed by atoms with Gasteiger partial charge in [0.25, 0.3) is 0 Å². The maximum atomic E-state index is 12.9. The van der Waals surface area contributed by atoms with E-state index in [9.17, 15) is 18.5 Å². The number of nitro groups is 1. The standard InChI is InChI=1S/C15H15ClN2O5S2/c1-3-8-17(10-11-4-7-15(16)24-11)25(21,22)12-5-6-14(23-2)13(9-12)18(19)20/h3-7,9H,1,8,10H2,2H3. The molecular formula is C15H15ClN2O5S2. The zero-order valence-electron chi connectivity index (χ0n) is 13.2. The number of hydrogen-bond donors (Lipinski definition) is 0. The van der Waals surface area contributed by atoms with Gasteiger partial charge in [-0.15, -0.1) is 17.9 Å². The lowest BCUT2D eigenvalue weighted by Gasteiger charge is -2.20. The average Bonchev–Trinajstić information content (AvgIpc) is 2.98. The summed E-state index contributed by atoms with van der Waals surface area (Å²) in [5, 5.41) is 11.1. The molecule has 0 radical (unpaired) electrons. The van der Waals surface area contributed by atoms with Gasteiger partial charge in [-0.1, -0.05) is 17.7 Å². The SMILES string of the molecule is C=CCN(Cc1ccc(Cl)s1)S(=O)(=O)c1ccc(OC)c([N+](=O)[O-])c1. The van der Waals surface area contributed by atoms with Crippen LogP contribution in [0.3, 0.4) is 0 Å². The molecule has 0 bridgehead atoms. The highest BCUT2D eigenvalue weighted by atomic mass is 35.5. The first kappa shape index (κ1) is 19.4. The Bertz CT molecular complexity index is 895. The van der Waals surface area contributed by atoms with E-state index < -0.39 is 20.6 Å². The van der Waals surface area contributed by atoms with Crippen molar-refractivity contribution in [3.63, 3.8) is 0 Å². The number of ether oxygens (including phenoxy) is 1. The van der Waals surface area contributed by atoms with Gasteiger partial charge < -0.3 is 4.74 Å². The number of rotatable bonds is 8. The van der Waals surface area contributed by atoms with Crippen LogP contribution in [0, 0.1) is 10.1 Å². The van der Waals surface area contributed by atoms with Crippen molar-refractivity contribution in [3.8, 4) is 5.75 Å². The van der Waals surface area contributed by atoms with Crippen molar-refractivity contribution in [2.45, 2.75) is 11.4 Å². The molecule has 0 fully saturated rings. The lowest BCUT2D eigenvalue weighted by Crippen LogP contribution is -2.30. The van der Waals surface area contributed by atoms with E-state index in [2.05, 4.69) is 6.58 Å². The summed E-state index contributed by atoms with van der Waals surface area (Å²) >= 11 is 7.15. The van der Waals surface area contributed by atoms with Crippen LogP contribution in [0.1, 0.15) is 4.88 Å². The maximum absolute atomic E-state index is 12.9. The molecule has 1 heterocycles. The van der Waals surface area contributed by atoms with Crippen molar-refractivity contribution in [2.75, 3.05) is 13.7 Å². The highest BCUT2D eigenvalue weighted by Crippen LogP contribution is 2.31. The van der Waals surface area contributed by atoms with Crippen LogP contribution in [-0.4, -0.2) is 31.3 Å². The molecule has 0 saturated heterocycles. The molecule has 0 aliphatic carbocycles. The number of thiophene rings is 1. The fraction of sp³-hybridized carbons (Fsp3) is 0.200. The summed E-state index contributed by atoms with van der Waals surface area (Å²) in [7, 11) is -2.69. The first-order valence-electron chi connectivity index (χ1n) is 6.97. The Morgan fingerprint density at radius 1 is 1.40 bits per heavy atom. The van der Waals surface area contributed by atoms with Crippen LogP contribution in [0.2, 0.25) is 4.34 Å². The van der Waals surface area contributed by atoms with E-state index >= 15 is 0 Å². The Kier molecular flexibility index (Phi) is 6.17. The Labute approximate surface area is 154 Å². The summed E-state index contributed by atoms with van der Waals surface area (Å²) in [5.74, 6) is -0.00995. The van der Waals surface area contributed by atoms with Crippen LogP contribution in [0.5, 0.6) is 5.75 Å². The third-order valence-electron chi connectivity index (χ3n) is 3.28. The summed E-state index contributed by atoms with van der Waals surface area (Å²) in [5.41, 5.74) is -0.415. The van der Waals surface area contributed by atoms with Crippen LogP contribution >= 0.6 is 22.9 Å². The van der Waals surface area contributed by atoms with E-state index in [1.807, 2.05) is 0 Å². The Morgan fingerprint density at radius 2 is 2.12 bits per heavy atom. The molecule has 0 saturated carbocycles. The smallest absolute Gasteiger partial charge is 0.312 e. The molecule has 0 atom stereocenters. The summed E-state index contributed by atoms with van der Waals surface area (Å²) in [4.78, 5) is 11.0. The lowest BCUT2D eigenvalue weighted by atomic mass is 10.3. The highest BCUT2D eigenvalue weighted by molar-refractivity contribution is 7.89. The van der Waals surface area contributed by atoms with Crippen molar-refractivity contribution >= 4 is 38.6 Å². The Hall–Kier alpha value is -1.94. The largest absolute Gasteiger partial charge is 0.490 e. The van der Waals surface area contributed by atoms with Gasteiger partial charge in [0.1, 0.15) is 0 Å². The molecule has 0 aliphatic heterocycles. The van der Waals surface area contributed by atoms with Gasteiger partial charge in [0, 0.05) is 24.0 Å². The van der Waals surface area contributed by atoms with E-state index in [4.69, 9.17) is 16.3 Å². The number of hydrogen-bond acceptors (Lipinski definition) is 6. The molecule has 25 heavy (non-hydrogen) atoms. The van der Waals surface area contributed by atoms with Gasteiger partial charge in [0.2, 0.25) is 10.0 Å². The molecule has 2 rings (SSSR count). The lowest BCUT2D eigenvalue weighted by molar-refractivity contribution is -0.386. The van der Waals surface area contributed by atoms with Crippen LogP contribution < -0.4 is 4.74 Å².